The molecular weight excluding hydrogens is 442 g/mol. The largest absolute Gasteiger partial charge is 2.00 e. The molecule has 0 atom stereocenters. The molecule has 0 bridgehead atoms. The molecule has 2 nitrogen and oxygen atoms in total. The first kappa shape index (κ1) is 26.9. The number of carbonyl (C=O) groups is 1. The van der Waals surface area contributed by atoms with Crippen LogP contribution in [0.5, 0.6) is 0 Å². The van der Waals surface area contributed by atoms with Crippen LogP contribution in [0.2, 0.25) is 0 Å². The smallest absolute Gasteiger partial charge is 0.370 e. The van der Waals surface area contributed by atoms with Gasteiger partial charge in [-0.1, -0.05) is 6.92 Å². The van der Waals surface area contributed by atoms with E-state index in [1.54, 1.807) is 0 Å². The van der Waals surface area contributed by atoms with Crippen molar-refractivity contribution in [2.24, 2.45) is 5.73 Å². The van der Waals surface area contributed by atoms with Gasteiger partial charge in [-0.05, 0) is 11.8 Å². The number of primary amides is 1. The summed E-state index contributed by atoms with van der Waals surface area (Å²) >= 11 is 0. The monoisotopic (exact) mass is 469 g/mol. The Balaban J connectivity index is 0.000000537. The number of rotatable bonds is 5. The molecule has 1 amide bonds. The quantitative estimate of drug-likeness (QED) is 0.305. The Morgan fingerprint density at radius 3 is 1.45 bits per heavy atom. The third-order valence-corrected chi connectivity index (χ3v) is 4.58. The molecular formula is C25H27Fe2NO. The first-order valence-electron chi connectivity index (χ1n) is 9.19. The van der Waals surface area contributed by atoms with Gasteiger partial charge in [0.15, 0.2) is 0 Å². The van der Waals surface area contributed by atoms with Gasteiger partial charge in [0.1, 0.15) is 0 Å². The van der Waals surface area contributed by atoms with Crippen molar-refractivity contribution < 1.29 is 38.9 Å². The van der Waals surface area contributed by atoms with Crippen molar-refractivity contribution in [3.63, 3.8) is 0 Å². The van der Waals surface area contributed by atoms with Crippen LogP contribution in [-0.4, -0.2) is 5.91 Å². The fourth-order valence-corrected chi connectivity index (χ4v) is 2.95. The minimum atomic E-state index is -0.241. The maximum absolute atomic E-state index is 11.0. The van der Waals surface area contributed by atoms with E-state index in [4.69, 9.17) is 5.73 Å². The van der Waals surface area contributed by atoms with Crippen LogP contribution in [0.3, 0.4) is 0 Å². The van der Waals surface area contributed by atoms with Gasteiger partial charge in [-0.3, -0.25) is 4.79 Å². The van der Waals surface area contributed by atoms with Crippen molar-refractivity contribution in [2.75, 3.05) is 0 Å². The average molecular weight is 469 g/mol. The van der Waals surface area contributed by atoms with Gasteiger partial charge in [0, 0.05) is 6.42 Å². The molecule has 0 saturated heterocycles. The van der Waals surface area contributed by atoms with Crippen molar-refractivity contribution in [3.8, 4) is 0 Å². The molecule has 0 aromatic heterocycles. The van der Waals surface area contributed by atoms with Crippen molar-refractivity contribution in [3.05, 3.63) is 120 Å². The fraction of sp³-hybridized carbons (Fsp3) is 0.160. The molecule has 154 valence electrons. The van der Waals surface area contributed by atoms with Gasteiger partial charge >= 0.3 is 34.1 Å². The number of carbonyl (C=O) groups excluding carboxylic acids is 1. The number of hydrogen-bond acceptors (Lipinski definition) is 1. The molecule has 2 N–H and O–H groups in total. The maximum Gasteiger partial charge on any atom is 2.00 e. The summed E-state index contributed by atoms with van der Waals surface area (Å²) in [6.45, 7) is 2.17. The van der Waals surface area contributed by atoms with Gasteiger partial charge in [0.2, 0.25) is 5.91 Å². The minimum Gasteiger partial charge on any atom is -0.370 e. The molecule has 0 radical (unpaired) electrons. The van der Waals surface area contributed by atoms with Gasteiger partial charge in [-0.2, -0.15) is 71.8 Å². The van der Waals surface area contributed by atoms with Gasteiger partial charge in [-0.25, -0.2) is 48.5 Å². The molecule has 0 heterocycles. The summed E-state index contributed by atoms with van der Waals surface area (Å²) in [5.41, 5.74) is 7.63. The van der Waals surface area contributed by atoms with Gasteiger partial charge < -0.3 is 5.73 Å². The zero-order valence-corrected chi connectivity index (χ0v) is 18.7. The predicted octanol–water partition coefficient (Wildman–Crippen LogP) is 5.50. The topological polar surface area (TPSA) is 43.1 Å². The first-order chi connectivity index (χ1) is 13.1. The molecule has 0 unspecified atom stereocenters. The van der Waals surface area contributed by atoms with E-state index in [2.05, 4.69) is 31.2 Å². The molecule has 4 rings (SSSR count). The Morgan fingerprint density at radius 1 is 0.793 bits per heavy atom. The van der Waals surface area contributed by atoms with E-state index in [-0.39, 0.29) is 45.5 Å². The molecule has 4 aromatic rings. The number of nitrogens with two attached hydrogens (primary N) is 1. The second kappa shape index (κ2) is 14.8. The minimum absolute atomic E-state index is 0. The van der Waals surface area contributed by atoms with Gasteiger partial charge in [-0.15, -0.1) is 0 Å². The zero-order chi connectivity index (χ0) is 19.4. The molecule has 0 aliphatic carbocycles. The van der Waals surface area contributed by atoms with Crippen LogP contribution in [0.15, 0.2) is 109 Å². The summed E-state index contributed by atoms with van der Waals surface area (Å²) in [5, 5.41) is 0. The molecule has 29 heavy (non-hydrogen) atoms. The van der Waals surface area contributed by atoms with Crippen LogP contribution >= 0.6 is 0 Å². The average Bonchev–Trinajstić information content (AvgIpc) is 3.50. The number of hydrogen-bond donors (Lipinski definition) is 1. The van der Waals surface area contributed by atoms with E-state index in [0.717, 1.165) is 6.42 Å². The summed E-state index contributed by atoms with van der Waals surface area (Å²) in [6.07, 6.45) is 1.16. The SMILES string of the molecule is CC(CCC(N)=O)(c1ccc[cH-]1)c1ccc[cH-]1.[Fe+2].[Fe+2].c1cc[cH-]c1.c1cc[cH-]c1. The standard InChI is InChI=1S/C15H17NO.2C5H5.2Fe/c1-15(11-10-14(16)17,12-6-2-3-7-12)13-8-4-5-9-13;2*1-2-4-5-3-1;;/h2-9H,10-11H2,1H3,(H2,16,17);2*1-5H;;/q-2;2*-1;2*+2. The Labute approximate surface area is 195 Å². The maximum atomic E-state index is 11.0. The molecule has 0 aliphatic rings. The Morgan fingerprint density at radius 2 is 1.21 bits per heavy atom. The number of amides is 1. The van der Waals surface area contributed by atoms with Crippen molar-refractivity contribution in [1.82, 2.24) is 0 Å². The van der Waals surface area contributed by atoms with Crippen LogP contribution < -0.4 is 5.73 Å². The summed E-state index contributed by atoms with van der Waals surface area (Å²) in [7, 11) is 0. The Bertz CT molecular complexity index is 719. The van der Waals surface area contributed by atoms with Crippen LogP contribution in [0.25, 0.3) is 0 Å². The van der Waals surface area contributed by atoms with Crippen LogP contribution in [0, 0.1) is 0 Å². The van der Waals surface area contributed by atoms with Crippen molar-refractivity contribution in [2.45, 2.75) is 25.2 Å². The van der Waals surface area contributed by atoms with Crippen LogP contribution in [-0.2, 0) is 44.3 Å². The third kappa shape index (κ3) is 9.30. The van der Waals surface area contributed by atoms with E-state index < -0.39 is 0 Å². The van der Waals surface area contributed by atoms with Gasteiger partial charge in [0.25, 0.3) is 0 Å². The van der Waals surface area contributed by atoms with E-state index in [0.29, 0.717) is 6.42 Å². The van der Waals surface area contributed by atoms with E-state index in [1.165, 1.54) is 11.1 Å². The summed E-state index contributed by atoms with van der Waals surface area (Å²) in [4.78, 5) is 11.0. The molecule has 0 fully saturated rings. The Hall–Kier alpha value is -2.09. The van der Waals surface area contributed by atoms with E-state index >= 15 is 0 Å². The summed E-state index contributed by atoms with van der Waals surface area (Å²) in [5.74, 6) is -0.241. The molecule has 0 spiro atoms. The van der Waals surface area contributed by atoms with Crippen molar-refractivity contribution >= 4 is 5.91 Å². The van der Waals surface area contributed by atoms with E-state index in [1.807, 2.05) is 84.9 Å². The second-order valence-corrected chi connectivity index (χ2v) is 6.57. The van der Waals surface area contributed by atoms with Gasteiger partial charge in [0.05, 0.1) is 0 Å². The van der Waals surface area contributed by atoms with Crippen molar-refractivity contribution in [1.29, 1.82) is 0 Å². The summed E-state index contributed by atoms with van der Waals surface area (Å²) in [6, 6.07) is 36.5. The predicted molar refractivity (Wildman–Crippen MR) is 113 cm³/mol. The summed E-state index contributed by atoms with van der Waals surface area (Å²) < 4.78 is 0. The molecule has 4 heteroatoms. The first-order valence-corrected chi connectivity index (χ1v) is 9.19. The van der Waals surface area contributed by atoms with Crippen LogP contribution in [0.4, 0.5) is 0 Å². The fourth-order valence-electron chi connectivity index (χ4n) is 2.95. The third-order valence-electron chi connectivity index (χ3n) is 4.58. The zero-order valence-electron chi connectivity index (χ0n) is 16.5. The Kier molecular flexibility index (Phi) is 13.8. The second-order valence-electron chi connectivity index (χ2n) is 6.57. The molecule has 0 saturated carbocycles. The molecule has 4 aromatic carbocycles. The molecule has 0 aliphatic heterocycles. The van der Waals surface area contributed by atoms with Crippen LogP contribution in [0.1, 0.15) is 30.9 Å². The normalized spacial score (nSPS) is 9.55. The van der Waals surface area contributed by atoms with E-state index in [9.17, 15) is 4.79 Å².